The van der Waals surface area contributed by atoms with E-state index < -0.39 is 0 Å². The quantitative estimate of drug-likeness (QED) is 0.718. The Morgan fingerprint density at radius 2 is 2.00 bits per heavy atom. The molecule has 0 amide bonds. The number of aromatic nitrogens is 1. The monoisotopic (exact) mass is 287 g/mol. The minimum absolute atomic E-state index is 0.00863. The van der Waals surface area contributed by atoms with Crippen molar-refractivity contribution in [1.82, 2.24) is 4.98 Å². The van der Waals surface area contributed by atoms with E-state index in [1.807, 2.05) is 25.3 Å². The minimum atomic E-state index is -0.00863. The normalized spacial score (nSPS) is 12.4. The topological polar surface area (TPSA) is 45.6 Å². The lowest BCUT2D eigenvalue weighted by Crippen LogP contribution is -2.24. The first-order valence-electron chi connectivity index (χ1n) is 7.43. The van der Waals surface area contributed by atoms with Gasteiger partial charge in [0.25, 0.3) is 0 Å². The third-order valence-electron chi connectivity index (χ3n) is 3.36. The van der Waals surface area contributed by atoms with Crippen LogP contribution in [0, 0.1) is 0 Å². The van der Waals surface area contributed by atoms with E-state index in [9.17, 15) is 4.79 Å². The van der Waals surface area contributed by atoms with E-state index in [4.69, 9.17) is 0 Å². The summed E-state index contributed by atoms with van der Waals surface area (Å²) >= 11 is 0. The third kappa shape index (κ3) is 5.14. The van der Waals surface area contributed by atoms with Crippen molar-refractivity contribution in [3.63, 3.8) is 0 Å². The molecule has 0 aliphatic carbocycles. The zero-order valence-corrected chi connectivity index (χ0v) is 13.7. The molecule has 0 fully saturated rings. The second-order valence-corrected chi connectivity index (χ2v) is 5.07. The second-order valence-electron chi connectivity index (χ2n) is 5.07. The molecule has 0 aliphatic heterocycles. The van der Waals surface area contributed by atoms with Gasteiger partial charge in [-0.2, -0.15) is 0 Å². The molecule has 0 bridgehead atoms. The van der Waals surface area contributed by atoms with Crippen molar-refractivity contribution in [2.24, 2.45) is 4.99 Å². The van der Waals surface area contributed by atoms with E-state index in [1.165, 1.54) is 6.92 Å². The Labute approximate surface area is 127 Å². The molecule has 0 saturated carbocycles. The molecule has 114 valence electrons. The number of hydrogen-bond acceptors (Lipinski definition) is 4. The molecule has 21 heavy (non-hydrogen) atoms. The van der Waals surface area contributed by atoms with E-state index in [0.29, 0.717) is 5.71 Å². The second kappa shape index (κ2) is 8.35. The van der Waals surface area contributed by atoms with E-state index in [2.05, 4.69) is 28.7 Å². The standard InChI is InChI=1S/C17H25N3O/c1-6-10-20(7-2)17-9-8-16(12-19-17)13(3)11-18-14(4)15(5)21/h8-9,11-12H,6-7,10H2,1-5H3/b13-11+,18-14?. The van der Waals surface area contributed by atoms with Gasteiger partial charge in [-0.05, 0) is 50.5 Å². The van der Waals surface area contributed by atoms with Crippen LogP contribution in [0.5, 0.6) is 0 Å². The van der Waals surface area contributed by atoms with Gasteiger partial charge in [0.2, 0.25) is 0 Å². The van der Waals surface area contributed by atoms with Crippen LogP contribution in [0.25, 0.3) is 5.57 Å². The lowest BCUT2D eigenvalue weighted by Gasteiger charge is -2.21. The van der Waals surface area contributed by atoms with Gasteiger partial charge >= 0.3 is 0 Å². The molecule has 0 saturated heterocycles. The number of Topliss-reactive ketones (excluding diaryl/α,β-unsaturated/α-hetero) is 1. The Bertz CT molecular complexity index is 529. The average Bonchev–Trinajstić information content (AvgIpc) is 2.50. The summed E-state index contributed by atoms with van der Waals surface area (Å²) in [6.45, 7) is 11.5. The SMILES string of the molecule is CCCN(CC)c1ccc(/C(C)=C/N=C(C)C(C)=O)cn1. The number of carbonyl (C=O) groups is 1. The fraction of sp³-hybridized carbons (Fsp3) is 0.471. The van der Waals surface area contributed by atoms with Crippen LogP contribution in [-0.4, -0.2) is 29.6 Å². The molecule has 0 aliphatic rings. The molecular weight excluding hydrogens is 262 g/mol. The van der Waals surface area contributed by atoms with Crippen LogP contribution >= 0.6 is 0 Å². The summed E-state index contributed by atoms with van der Waals surface area (Å²) in [7, 11) is 0. The molecule has 0 N–H and O–H groups in total. The van der Waals surface area contributed by atoms with Crippen LogP contribution < -0.4 is 4.90 Å². The first-order valence-corrected chi connectivity index (χ1v) is 7.43. The molecule has 1 rings (SSSR count). The van der Waals surface area contributed by atoms with Crippen LogP contribution in [0.1, 0.15) is 46.6 Å². The van der Waals surface area contributed by atoms with Crippen molar-refractivity contribution in [1.29, 1.82) is 0 Å². The highest BCUT2D eigenvalue weighted by Crippen LogP contribution is 2.17. The van der Waals surface area contributed by atoms with Crippen molar-refractivity contribution in [2.45, 2.75) is 41.0 Å². The van der Waals surface area contributed by atoms with Gasteiger partial charge in [-0.25, -0.2) is 4.98 Å². The highest BCUT2D eigenvalue weighted by molar-refractivity contribution is 6.38. The molecule has 1 aromatic rings. The lowest BCUT2D eigenvalue weighted by atomic mass is 10.1. The summed E-state index contributed by atoms with van der Waals surface area (Å²) in [6, 6.07) is 4.08. The molecule has 1 heterocycles. The number of ketones is 1. The molecule has 0 radical (unpaired) electrons. The average molecular weight is 287 g/mol. The summed E-state index contributed by atoms with van der Waals surface area (Å²) < 4.78 is 0. The predicted octanol–water partition coefficient (Wildman–Crippen LogP) is 3.73. The number of anilines is 1. The van der Waals surface area contributed by atoms with E-state index >= 15 is 0 Å². The molecular formula is C17H25N3O. The number of carbonyl (C=O) groups excluding carboxylic acids is 1. The van der Waals surface area contributed by atoms with Gasteiger partial charge in [-0.3, -0.25) is 9.79 Å². The van der Waals surface area contributed by atoms with Crippen molar-refractivity contribution >= 4 is 22.9 Å². The van der Waals surface area contributed by atoms with E-state index in [-0.39, 0.29) is 5.78 Å². The largest absolute Gasteiger partial charge is 0.357 e. The molecule has 0 unspecified atom stereocenters. The Hall–Kier alpha value is -1.97. The lowest BCUT2D eigenvalue weighted by molar-refractivity contribution is -0.111. The summed E-state index contributed by atoms with van der Waals surface area (Å²) in [5.41, 5.74) is 2.53. The Balaban J connectivity index is 2.89. The number of hydrogen-bond donors (Lipinski definition) is 0. The molecule has 4 heteroatoms. The van der Waals surface area contributed by atoms with Crippen LogP contribution in [-0.2, 0) is 4.79 Å². The van der Waals surface area contributed by atoms with Crippen LogP contribution in [0.15, 0.2) is 29.5 Å². The number of pyridine rings is 1. The van der Waals surface area contributed by atoms with Crippen LogP contribution in [0.4, 0.5) is 5.82 Å². The Morgan fingerprint density at radius 1 is 1.29 bits per heavy atom. The molecule has 0 spiro atoms. The van der Waals surface area contributed by atoms with Gasteiger partial charge in [0.1, 0.15) is 5.82 Å². The predicted molar refractivity (Wildman–Crippen MR) is 89.9 cm³/mol. The Kier molecular flexibility index (Phi) is 6.79. The maximum Gasteiger partial charge on any atom is 0.173 e. The van der Waals surface area contributed by atoms with Gasteiger partial charge in [-0.15, -0.1) is 0 Å². The molecule has 1 aromatic heterocycles. The van der Waals surface area contributed by atoms with Crippen molar-refractivity contribution < 1.29 is 4.79 Å². The maximum atomic E-state index is 11.1. The van der Waals surface area contributed by atoms with Gasteiger partial charge in [0.15, 0.2) is 5.78 Å². The van der Waals surface area contributed by atoms with Gasteiger partial charge in [-0.1, -0.05) is 6.92 Å². The first kappa shape index (κ1) is 17.1. The number of nitrogens with zero attached hydrogens (tertiary/aromatic N) is 3. The number of rotatable bonds is 7. The fourth-order valence-corrected chi connectivity index (χ4v) is 1.87. The molecule has 0 aromatic carbocycles. The van der Waals surface area contributed by atoms with Gasteiger partial charge < -0.3 is 4.90 Å². The van der Waals surface area contributed by atoms with Crippen molar-refractivity contribution in [2.75, 3.05) is 18.0 Å². The highest BCUT2D eigenvalue weighted by Gasteiger charge is 2.05. The number of allylic oxidation sites excluding steroid dienone is 1. The third-order valence-corrected chi connectivity index (χ3v) is 3.36. The number of aliphatic imine (C=N–C) groups is 1. The summed E-state index contributed by atoms with van der Waals surface area (Å²) in [4.78, 5) is 22.1. The van der Waals surface area contributed by atoms with Crippen molar-refractivity contribution in [3.05, 3.63) is 30.1 Å². The van der Waals surface area contributed by atoms with Crippen LogP contribution in [0.2, 0.25) is 0 Å². The molecule has 0 atom stereocenters. The smallest absolute Gasteiger partial charge is 0.173 e. The highest BCUT2D eigenvalue weighted by atomic mass is 16.1. The molecule has 4 nitrogen and oxygen atoms in total. The van der Waals surface area contributed by atoms with Gasteiger partial charge in [0, 0.05) is 32.4 Å². The van der Waals surface area contributed by atoms with Gasteiger partial charge in [0.05, 0.1) is 5.71 Å². The van der Waals surface area contributed by atoms with Crippen LogP contribution in [0.3, 0.4) is 0 Å². The maximum absolute atomic E-state index is 11.1. The fourth-order valence-electron chi connectivity index (χ4n) is 1.87. The summed E-state index contributed by atoms with van der Waals surface area (Å²) in [5, 5.41) is 0. The first-order chi connectivity index (χ1) is 9.99. The Morgan fingerprint density at radius 3 is 2.48 bits per heavy atom. The minimum Gasteiger partial charge on any atom is -0.357 e. The zero-order chi connectivity index (χ0) is 15.8. The summed E-state index contributed by atoms with van der Waals surface area (Å²) in [5.74, 6) is 0.991. The summed E-state index contributed by atoms with van der Waals surface area (Å²) in [6.07, 6.45) is 4.68. The zero-order valence-electron chi connectivity index (χ0n) is 13.7. The van der Waals surface area contributed by atoms with Crippen molar-refractivity contribution in [3.8, 4) is 0 Å². The van der Waals surface area contributed by atoms with E-state index in [1.54, 1.807) is 13.1 Å². The van der Waals surface area contributed by atoms with E-state index in [0.717, 1.165) is 36.5 Å².